The van der Waals surface area contributed by atoms with E-state index in [4.69, 9.17) is 4.42 Å². The first kappa shape index (κ1) is 33.6. The van der Waals surface area contributed by atoms with Crippen molar-refractivity contribution in [3.8, 4) is 44.5 Å². The smallest absolute Gasteiger partial charge is 0.136 e. The number of furan rings is 1. The van der Waals surface area contributed by atoms with Crippen LogP contribution in [0.1, 0.15) is 0 Å². The maximum Gasteiger partial charge on any atom is 0.136 e. The summed E-state index contributed by atoms with van der Waals surface area (Å²) in [6, 6.07) is 80.8. The van der Waals surface area contributed by atoms with Crippen LogP contribution in [0.4, 0.5) is 17.1 Å². The predicted molar refractivity (Wildman–Crippen MR) is 245 cm³/mol. The van der Waals surface area contributed by atoms with Crippen molar-refractivity contribution in [2.75, 3.05) is 4.90 Å². The van der Waals surface area contributed by atoms with Crippen molar-refractivity contribution in [2.24, 2.45) is 0 Å². The Morgan fingerprint density at radius 2 is 0.879 bits per heavy atom. The molecule has 1 heterocycles. The van der Waals surface area contributed by atoms with Crippen molar-refractivity contribution >= 4 is 60.5 Å². The van der Waals surface area contributed by atoms with E-state index in [-0.39, 0.29) is 0 Å². The summed E-state index contributed by atoms with van der Waals surface area (Å²) >= 11 is 0. The van der Waals surface area contributed by atoms with Gasteiger partial charge in [0.15, 0.2) is 0 Å². The minimum absolute atomic E-state index is 0.876. The van der Waals surface area contributed by atoms with E-state index >= 15 is 0 Å². The van der Waals surface area contributed by atoms with Crippen LogP contribution in [0.3, 0.4) is 0 Å². The number of nitrogens with zero attached hydrogens (tertiary/aromatic N) is 1. The Morgan fingerprint density at radius 1 is 0.293 bits per heavy atom. The molecule has 11 rings (SSSR count). The number of rotatable bonds is 7. The summed E-state index contributed by atoms with van der Waals surface area (Å²) in [6.45, 7) is 0. The molecular weight excluding hydrogens is 703 g/mol. The molecule has 0 N–H and O–H groups in total. The first-order chi connectivity index (χ1) is 28.8. The fourth-order valence-corrected chi connectivity index (χ4v) is 8.75. The Kier molecular flexibility index (Phi) is 8.19. The van der Waals surface area contributed by atoms with E-state index in [2.05, 4.69) is 229 Å². The topological polar surface area (TPSA) is 16.4 Å². The largest absolute Gasteiger partial charge is 0.456 e. The van der Waals surface area contributed by atoms with Gasteiger partial charge < -0.3 is 9.32 Å². The van der Waals surface area contributed by atoms with Crippen LogP contribution in [0.5, 0.6) is 0 Å². The Bertz CT molecular complexity index is 3280. The summed E-state index contributed by atoms with van der Waals surface area (Å²) in [6.07, 6.45) is 0. The van der Waals surface area contributed by atoms with Crippen LogP contribution in [0.15, 0.2) is 229 Å². The zero-order valence-corrected chi connectivity index (χ0v) is 31.7. The van der Waals surface area contributed by atoms with Gasteiger partial charge in [0.1, 0.15) is 11.2 Å². The molecule has 0 saturated heterocycles. The second-order valence-corrected chi connectivity index (χ2v) is 14.9. The van der Waals surface area contributed by atoms with E-state index in [1.807, 2.05) is 0 Å². The molecule has 58 heavy (non-hydrogen) atoms. The molecule has 0 amide bonds. The molecule has 2 nitrogen and oxygen atoms in total. The minimum atomic E-state index is 0.876. The summed E-state index contributed by atoms with van der Waals surface area (Å²) in [5.74, 6) is 0. The standard InChI is InChI=1S/C56H37NO/c1-3-16-38(17-4-1)48-33-32-45(37-51(48)40-18-5-2-6-19-40)57(44-25-13-24-43(34-44)47-28-14-23-39-20-9-10-26-46(39)47)53-30-12-11-27-49(53)50-29-15-31-54-56(50)52-35-41-21-7-8-22-42(41)36-55(52)58-54/h1-37H. The molecular formula is C56H37NO. The molecule has 11 aromatic rings. The van der Waals surface area contributed by atoms with Crippen LogP contribution >= 0.6 is 0 Å². The monoisotopic (exact) mass is 739 g/mol. The summed E-state index contributed by atoms with van der Waals surface area (Å²) in [5, 5.41) is 7.05. The van der Waals surface area contributed by atoms with E-state index in [1.54, 1.807) is 0 Å². The van der Waals surface area contributed by atoms with E-state index in [0.717, 1.165) is 55.7 Å². The van der Waals surface area contributed by atoms with Gasteiger partial charge in [0, 0.05) is 27.7 Å². The number of hydrogen-bond acceptors (Lipinski definition) is 2. The van der Waals surface area contributed by atoms with Gasteiger partial charge in [-0.05, 0) is 109 Å². The van der Waals surface area contributed by atoms with Crippen molar-refractivity contribution in [1.82, 2.24) is 0 Å². The second kappa shape index (κ2) is 14.1. The van der Waals surface area contributed by atoms with Gasteiger partial charge in [-0.15, -0.1) is 0 Å². The third kappa shape index (κ3) is 5.82. The number of benzene rings is 10. The molecule has 0 aliphatic heterocycles. The van der Waals surface area contributed by atoms with Crippen LogP contribution < -0.4 is 4.90 Å². The third-order valence-corrected chi connectivity index (χ3v) is 11.4. The average molecular weight is 740 g/mol. The quantitative estimate of drug-likeness (QED) is 0.162. The lowest BCUT2D eigenvalue weighted by molar-refractivity contribution is 0.669. The number of fused-ring (bicyclic) bond motifs is 5. The van der Waals surface area contributed by atoms with Gasteiger partial charge in [0.05, 0.1) is 5.69 Å². The third-order valence-electron chi connectivity index (χ3n) is 11.4. The molecule has 0 radical (unpaired) electrons. The fourth-order valence-electron chi connectivity index (χ4n) is 8.75. The van der Waals surface area contributed by atoms with Crippen molar-refractivity contribution in [3.05, 3.63) is 224 Å². The zero-order chi connectivity index (χ0) is 38.4. The summed E-state index contributed by atoms with van der Waals surface area (Å²) in [5.41, 5.74) is 14.3. The lowest BCUT2D eigenvalue weighted by atomic mass is 9.92. The molecule has 0 aliphatic carbocycles. The first-order valence-corrected chi connectivity index (χ1v) is 19.8. The fraction of sp³-hybridized carbons (Fsp3) is 0. The predicted octanol–water partition coefficient (Wildman–Crippen LogP) is 16.0. The van der Waals surface area contributed by atoms with E-state index in [0.29, 0.717) is 0 Å². The van der Waals surface area contributed by atoms with Gasteiger partial charge in [-0.25, -0.2) is 0 Å². The number of para-hydroxylation sites is 1. The maximum absolute atomic E-state index is 6.60. The second-order valence-electron chi connectivity index (χ2n) is 14.9. The van der Waals surface area contributed by atoms with Crippen molar-refractivity contribution in [2.45, 2.75) is 0 Å². The van der Waals surface area contributed by atoms with Gasteiger partial charge in [-0.2, -0.15) is 0 Å². The van der Waals surface area contributed by atoms with Crippen molar-refractivity contribution in [1.29, 1.82) is 0 Å². The Labute approximate surface area is 337 Å². The SMILES string of the molecule is c1ccc(-c2ccc(N(c3cccc(-c4cccc5ccccc45)c3)c3ccccc3-c3cccc4oc5cc6ccccc6cc5c34)cc2-c2ccccc2)cc1. The van der Waals surface area contributed by atoms with Crippen molar-refractivity contribution in [3.63, 3.8) is 0 Å². The molecule has 0 fully saturated rings. The van der Waals surface area contributed by atoms with Crippen LogP contribution in [-0.2, 0) is 0 Å². The van der Waals surface area contributed by atoms with Crippen LogP contribution in [0.25, 0.3) is 88.0 Å². The van der Waals surface area contributed by atoms with Gasteiger partial charge in [0.2, 0.25) is 0 Å². The van der Waals surface area contributed by atoms with E-state index in [9.17, 15) is 0 Å². The molecule has 0 spiro atoms. The van der Waals surface area contributed by atoms with Gasteiger partial charge in [0.25, 0.3) is 0 Å². The molecule has 0 aliphatic rings. The van der Waals surface area contributed by atoms with E-state index in [1.165, 1.54) is 49.4 Å². The average Bonchev–Trinajstić information content (AvgIpc) is 3.66. The van der Waals surface area contributed by atoms with Crippen LogP contribution in [0.2, 0.25) is 0 Å². The summed E-state index contributed by atoms with van der Waals surface area (Å²) < 4.78 is 6.60. The summed E-state index contributed by atoms with van der Waals surface area (Å²) in [4.78, 5) is 2.43. The van der Waals surface area contributed by atoms with Crippen LogP contribution in [0, 0.1) is 0 Å². The molecule has 0 bridgehead atoms. The normalized spacial score (nSPS) is 11.4. The van der Waals surface area contributed by atoms with E-state index < -0.39 is 0 Å². The highest BCUT2D eigenvalue weighted by atomic mass is 16.3. The summed E-state index contributed by atoms with van der Waals surface area (Å²) in [7, 11) is 0. The van der Waals surface area contributed by atoms with Gasteiger partial charge in [-0.1, -0.05) is 176 Å². The molecule has 0 atom stereocenters. The highest BCUT2D eigenvalue weighted by molar-refractivity contribution is 6.16. The number of hydrogen-bond donors (Lipinski definition) is 0. The molecule has 2 heteroatoms. The molecule has 0 saturated carbocycles. The van der Waals surface area contributed by atoms with Crippen molar-refractivity contribution < 1.29 is 4.42 Å². The lowest BCUT2D eigenvalue weighted by Crippen LogP contribution is -2.11. The first-order valence-electron chi connectivity index (χ1n) is 19.8. The van der Waals surface area contributed by atoms with Gasteiger partial charge >= 0.3 is 0 Å². The number of anilines is 3. The Balaban J connectivity index is 1.17. The molecule has 10 aromatic carbocycles. The minimum Gasteiger partial charge on any atom is -0.456 e. The van der Waals surface area contributed by atoms with Gasteiger partial charge in [-0.3, -0.25) is 0 Å². The maximum atomic E-state index is 6.60. The Morgan fingerprint density at radius 3 is 1.71 bits per heavy atom. The highest BCUT2D eigenvalue weighted by Crippen LogP contribution is 2.47. The molecule has 0 unspecified atom stereocenters. The Hall–Kier alpha value is -7.68. The molecule has 1 aromatic heterocycles. The lowest BCUT2D eigenvalue weighted by Gasteiger charge is -2.29. The zero-order valence-electron chi connectivity index (χ0n) is 31.7. The van der Waals surface area contributed by atoms with Crippen LogP contribution in [-0.4, -0.2) is 0 Å². The molecule has 272 valence electrons. The highest BCUT2D eigenvalue weighted by Gasteiger charge is 2.22.